The Bertz CT molecular complexity index is 422. The highest BCUT2D eigenvalue weighted by molar-refractivity contribution is 9.09. The van der Waals surface area contributed by atoms with Gasteiger partial charge in [-0.1, -0.05) is 22.9 Å². The van der Waals surface area contributed by atoms with Gasteiger partial charge < -0.3 is 5.32 Å². The molecular weight excluding hydrogens is 310 g/mol. The minimum atomic E-state index is -0.102. The Labute approximate surface area is 121 Å². The van der Waals surface area contributed by atoms with E-state index < -0.39 is 0 Å². The summed E-state index contributed by atoms with van der Waals surface area (Å²) in [4.78, 5) is 14.6. The van der Waals surface area contributed by atoms with Crippen molar-refractivity contribution < 1.29 is 4.79 Å². The highest BCUT2D eigenvalue weighted by Crippen LogP contribution is 2.31. The van der Waals surface area contributed by atoms with Gasteiger partial charge in [0.25, 0.3) is 5.91 Å². The summed E-state index contributed by atoms with van der Waals surface area (Å²) in [5, 5.41) is 4.11. The third kappa shape index (κ3) is 2.97. The zero-order chi connectivity index (χ0) is 13.2. The summed E-state index contributed by atoms with van der Waals surface area (Å²) < 4.78 is 0. The van der Waals surface area contributed by atoms with Crippen LogP contribution < -0.4 is 5.32 Å². The molecule has 100 valence electrons. The summed E-state index contributed by atoms with van der Waals surface area (Å²) in [7, 11) is 0. The van der Waals surface area contributed by atoms with E-state index in [1.165, 1.54) is 16.9 Å². The Morgan fingerprint density at radius 1 is 1.56 bits per heavy atom. The van der Waals surface area contributed by atoms with Crippen LogP contribution in [0.1, 0.15) is 53.2 Å². The maximum absolute atomic E-state index is 12.3. The minimum Gasteiger partial charge on any atom is -0.346 e. The lowest BCUT2D eigenvalue weighted by molar-refractivity contribution is 0.0906. The quantitative estimate of drug-likeness (QED) is 0.815. The van der Waals surface area contributed by atoms with E-state index in [-0.39, 0.29) is 11.4 Å². The van der Waals surface area contributed by atoms with Crippen molar-refractivity contribution in [3.8, 4) is 0 Å². The molecule has 0 bridgehead atoms. The summed E-state index contributed by atoms with van der Waals surface area (Å²) in [6, 6.07) is 2.09. The highest BCUT2D eigenvalue weighted by Gasteiger charge is 2.26. The summed E-state index contributed by atoms with van der Waals surface area (Å²) in [5.74, 6) is 0.0969. The number of rotatable bonds is 5. The third-order valence-corrected chi connectivity index (χ3v) is 5.44. The highest BCUT2D eigenvalue weighted by atomic mass is 79.9. The van der Waals surface area contributed by atoms with Gasteiger partial charge in [-0.3, -0.25) is 4.79 Å². The van der Waals surface area contributed by atoms with Gasteiger partial charge in [0.1, 0.15) is 0 Å². The molecule has 1 unspecified atom stereocenters. The third-order valence-electron chi connectivity index (χ3n) is 3.81. The molecule has 0 saturated carbocycles. The molecule has 0 aliphatic heterocycles. The molecule has 1 atom stereocenters. The number of fused-ring (bicyclic) bond motifs is 1. The van der Waals surface area contributed by atoms with Crippen LogP contribution in [0, 0.1) is 0 Å². The molecule has 18 heavy (non-hydrogen) atoms. The Morgan fingerprint density at radius 2 is 2.33 bits per heavy atom. The number of aryl methyl sites for hydroxylation is 2. The standard InChI is InChI=1S/C14H20BrNOS/c1-3-14(2,7-8-15)16-13(17)12-9-10-5-4-6-11(10)18-12/h9H,3-8H2,1-2H3,(H,16,17). The predicted molar refractivity (Wildman–Crippen MR) is 80.9 cm³/mol. The zero-order valence-corrected chi connectivity index (χ0v) is 13.4. The summed E-state index contributed by atoms with van der Waals surface area (Å²) in [6.45, 7) is 4.24. The van der Waals surface area contributed by atoms with Crippen molar-refractivity contribution in [1.82, 2.24) is 5.32 Å². The first-order chi connectivity index (χ1) is 8.58. The number of nitrogens with one attached hydrogen (secondary N) is 1. The molecule has 1 aliphatic carbocycles. The fraction of sp³-hybridized carbons (Fsp3) is 0.643. The average molecular weight is 330 g/mol. The molecule has 2 nitrogen and oxygen atoms in total. The largest absolute Gasteiger partial charge is 0.346 e. The summed E-state index contributed by atoms with van der Waals surface area (Å²) in [5.41, 5.74) is 1.29. The Morgan fingerprint density at radius 3 is 2.94 bits per heavy atom. The monoisotopic (exact) mass is 329 g/mol. The van der Waals surface area contributed by atoms with Crippen LogP contribution in [0.15, 0.2) is 6.07 Å². The van der Waals surface area contributed by atoms with Crippen molar-refractivity contribution in [3.63, 3.8) is 0 Å². The van der Waals surface area contributed by atoms with E-state index in [4.69, 9.17) is 0 Å². The molecule has 0 radical (unpaired) electrons. The van der Waals surface area contributed by atoms with Gasteiger partial charge in [-0.05, 0) is 50.7 Å². The molecule has 0 aromatic carbocycles. The van der Waals surface area contributed by atoms with Crippen molar-refractivity contribution in [3.05, 3.63) is 21.4 Å². The second-order valence-electron chi connectivity index (χ2n) is 5.22. The van der Waals surface area contributed by atoms with Crippen LogP contribution in [0.3, 0.4) is 0 Å². The van der Waals surface area contributed by atoms with Crippen molar-refractivity contribution in [2.75, 3.05) is 5.33 Å². The van der Waals surface area contributed by atoms with Crippen LogP contribution in [0.2, 0.25) is 0 Å². The van der Waals surface area contributed by atoms with Gasteiger partial charge in [0.15, 0.2) is 0 Å². The Balaban J connectivity index is 2.06. The maximum atomic E-state index is 12.3. The number of carbonyl (C=O) groups is 1. The number of hydrogen-bond donors (Lipinski definition) is 1. The van der Waals surface area contributed by atoms with Crippen LogP contribution in [0.5, 0.6) is 0 Å². The number of carbonyl (C=O) groups excluding carboxylic acids is 1. The molecule has 0 saturated heterocycles. The molecule has 1 aromatic rings. The predicted octanol–water partition coefficient (Wildman–Crippen LogP) is 3.92. The number of amides is 1. The van der Waals surface area contributed by atoms with Gasteiger partial charge in [0.2, 0.25) is 0 Å². The number of alkyl halides is 1. The first-order valence-electron chi connectivity index (χ1n) is 6.58. The maximum Gasteiger partial charge on any atom is 0.261 e. The van der Waals surface area contributed by atoms with Crippen molar-refractivity contribution in [1.29, 1.82) is 0 Å². The van der Waals surface area contributed by atoms with Gasteiger partial charge >= 0.3 is 0 Å². The fourth-order valence-corrected chi connectivity index (χ4v) is 4.34. The van der Waals surface area contributed by atoms with Crippen molar-refractivity contribution in [2.24, 2.45) is 0 Å². The van der Waals surface area contributed by atoms with Gasteiger partial charge in [0, 0.05) is 15.7 Å². The number of halogens is 1. The fourth-order valence-electron chi connectivity index (χ4n) is 2.31. The Hall–Kier alpha value is -0.350. The van der Waals surface area contributed by atoms with Crippen LogP contribution in [0.25, 0.3) is 0 Å². The van der Waals surface area contributed by atoms with E-state index in [1.807, 2.05) is 0 Å². The zero-order valence-electron chi connectivity index (χ0n) is 11.0. The van der Waals surface area contributed by atoms with Gasteiger partial charge in [0.05, 0.1) is 4.88 Å². The molecule has 1 heterocycles. The lowest BCUT2D eigenvalue weighted by Gasteiger charge is -2.28. The van der Waals surface area contributed by atoms with Crippen molar-refractivity contribution in [2.45, 2.75) is 51.5 Å². The molecule has 1 amide bonds. The molecule has 4 heteroatoms. The van der Waals surface area contributed by atoms with E-state index in [0.717, 1.165) is 35.9 Å². The molecule has 0 fully saturated rings. The lowest BCUT2D eigenvalue weighted by Crippen LogP contribution is -2.45. The van der Waals surface area contributed by atoms with E-state index in [0.29, 0.717) is 0 Å². The normalized spacial score (nSPS) is 17.3. The second kappa shape index (κ2) is 5.74. The van der Waals surface area contributed by atoms with E-state index >= 15 is 0 Å². The van der Waals surface area contributed by atoms with E-state index in [9.17, 15) is 4.79 Å². The van der Waals surface area contributed by atoms with Crippen LogP contribution in [0.4, 0.5) is 0 Å². The average Bonchev–Trinajstić information content (AvgIpc) is 2.89. The van der Waals surface area contributed by atoms with Crippen molar-refractivity contribution >= 4 is 33.2 Å². The molecule has 1 N–H and O–H groups in total. The van der Waals surface area contributed by atoms with Gasteiger partial charge in [-0.15, -0.1) is 11.3 Å². The topological polar surface area (TPSA) is 29.1 Å². The number of hydrogen-bond acceptors (Lipinski definition) is 2. The van der Waals surface area contributed by atoms with E-state index in [1.54, 1.807) is 11.3 Å². The number of thiophene rings is 1. The van der Waals surface area contributed by atoms with E-state index in [2.05, 4.69) is 41.2 Å². The smallest absolute Gasteiger partial charge is 0.261 e. The van der Waals surface area contributed by atoms with Crippen LogP contribution in [-0.4, -0.2) is 16.8 Å². The lowest BCUT2D eigenvalue weighted by atomic mass is 9.95. The van der Waals surface area contributed by atoms with Crippen LogP contribution >= 0.6 is 27.3 Å². The minimum absolute atomic E-state index is 0.0969. The van der Waals surface area contributed by atoms with Gasteiger partial charge in [-0.2, -0.15) is 0 Å². The summed E-state index contributed by atoms with van der Waals surface area (Å²) >= 11 is 5.14. The Kier molecular flexibility index (Phi) is 4.49. The molecular formula is C14H20BrNOS. The molecule has 1 aromatic heterocycles. The SMILES string of the molecule is CCC(C)(CCBr)NC(=O)c1cc2c(s1)CCC2. The molecule has 1 aliphatic rings. The second-order valence-corrected chi connectivity index (χ2v) is 7.15. The van der Waals surface area contributed by atoms with Gasteiger partial charge in [-0.25, -0.2) is 0 Å². The summed E-state index contributed by atoms with van der Waals surface area (Å²) in [6.07, 6.45) is 5.46. The molecule has 2 rings (SSSR count). The molecule has 0 spiro atoms. The first kappa shape index (κ1) is 14.1. The first-order valence-corrected chi connectivity index (χ1v) is 8.52. The van der Waals surface area contributed by atoms with Crippen LogP contribution in [-0.2, 0) is 12.8 Å².